The average molecular weight is 685 g/mol. The Morgan fingerprint density at radius 1 is 1.00 bits per heavy atom. The van der Waals surface area contributed by atoms with Crippen molar-refractivity contribution in [3.05, 3.63) is 102 Å². The van der Waals surface area contributed by atoms with E-state index in [-0.39, 0.29) is 40.7 Å². The number of fused-ring (bicyclic) bond motifs is 7. The van der Waals surface area contributed by atoms with Crippen molar-refractivity contribution in [1.29, 1.82) is 0 Å². The van der Waals surface area contributed by atoms with E-state index in [1.165, 1.54) is 7.11 Å². The second kappa shape index (κ2) is 15.2. The summed E-state index contributed by atoms with van der Waals surface area (Å²) in [5.74, 6) is -2.55. The maximum Gasteiger partial charge on any atom is 2.00 e. The molecule has 8 bridgehead atoms. The first kappa shape index (κ1) is 37.4. The molecule has 2 aliphatic heterocycles. The number of hydrogen-bond donors (Lipinski definition) is 1. The van der Waals surface area contributed by atoms with E-state index in [1.807, 2.05) is 57.2 Å². The van der Waals surface area contributed by atoms with E-state index in [1.54, 1.807) is 0 Å². The Morgan fingerprint density at radius 3 is 2.40 bits per heavy atom. The van der Waals surface area contributed by atoms with Gasteiger partial charge in [0.05, 0.1) is 13.7 Å². The summed E-state index contributed by atoms with van der Waals surface area (Å²) in [4.78, 5) is 42.7. The summed E-state index contributed by atoms with van der Waals surface area (Å²) in [6, 6.07) is 0. The monoisotopic (exact) mass is 684 g/mol. The molecule has 258 valence electrons. The average Bonchev–Trinajstić information content (AvgIpc) is 3.82. The van der Waals surface area contributed by atoms with Crippen LogP contribution < -0.4 is 25.7 Å². The number of aliphatic hydroxyl groups excluding tert-OH is 1. The van der Waals surface area contributed by atoms with Gasteiger partial charge < -0.3 is 34.8 Å². The molecule has 50 heavy (non-hydrogen) atoms. The Balaban J connectivity index is 0.00000486. The van der Waals surface area contributed by atoms with Gasteiger partial charge in [-0.25, -0.2) is 0 Å². The molecule has 6 rings (SSSR count). The number of nitrogens with zero attached hydrogens (tertiary/aromatic N) is 4. The van der Waals surface area contributed by atoms with Gasteiger partial charge in [-0.1, -0.05) is 91.6 Å². The predicted molar refractivity (Wildman–Crippen MR) is 196 cm³/mol. The molecule has 4 atom stereocenters. The number of ketones is 1. The van der Waals surface area contributed by atoms with Crippen LogP contribution >= 0.6 is 0 Å². The Bertz CT molecular complexity index is 2060. The summed E-state index contributed by atoms with van der Waals surface area (Å²) in [5.41, 5.74) is 9.63. The standard InChI is InChI=1S/C40H45N4O5.Mg/c1-9-12-13-16-49-33(45)15-14-26-22(6)29-17-27-20(4)24(10-2)31(41-27)18-28-21(5)25(11-3)32(42-28)19-30-23(7)34-38(44-30)35(37(26)43-29)36(39(34)46)40(47)48-8;/h10,12-13,17-19,22,26,33,36,45H,2,9,11,14-16H2,1,3-8H3,(H-,43,44,46);/q-3;+2/p-1/b13-12-,28-18-,29-17-,32-19-;/t22-,26-,33?,36+;/m0./s1. The molecular weight excluding hydrogens is 641 g/mol. The molecule has 10 heteroatoms. The molecule has 1 saturated heterocycles. The van der Waals surface area contributed by atoms with Gasteiger partial charge in [-0.3, -0.25) is 9.59 Å². The van der Waals surface area contributed by atoms with Crippen molar-refractivity contribution in [2.24, 2.45) is 17.8 Å². The molecule has 0 saturated carbocycles. The van der Waals surface area contributed by atoms with Crippen molar-refractivity contribution in [3.63, 3.8) is 0 Å². The summed E-state index contributed by atoms with van der Waals surface area (Å²) in [5, 5.41) is 17.6. The Morgan fingerprint density at radius 2 is 1.72 bits per heavy atom. The maximum atomic E-state index is 14.2. The molecule has 1 N–H and O–H groups in total. The largest absolute Gasteiger partial charge is 2.00 e. The Kier molecular flexibility index (Phi) is 11.4. The van der Waals surface area contributed by atoms with Crippen molar-refractivity contribution in [1.82, 2.24) is 15.0 Å². The van der Waals surface area contributed by atoms with Crippen LogP contribution in [0.25, 0.3) is 35.2 Å². The van der Waals surface area contributed by atoms with E-state index in [9.17, 15) is 14.7 Å². The number of allylic oxidation sites excluding steroid dienone is 3. The molecule has 0 spiro atoms. The Hall–Kier alpha value is -3.83. The zero-order valence-corrected chi connectivity index (χ0v) is 31.5. The number of rotatable bonds is 10. The third-order valence-electron chi connectivity index (χ3n) is 10.3. The van der Waals surface area contributed by atoms with Crippen LogP contribution in [0.2, 0.25) is 0 Å². The van der Waals surface area contributed by atoms with Crippen LogP contribution in [0.3, 0.4) is 0 Å². The summed E-state index contributed by atoms with van der Waals surface area (Å²) < 4.78 is 10.9. The van der Waals surface area contributed by atoms with Gasteiger partial charge in [-0.2, -0.15) is 11.4 Å². The maximum absolute atomic E-state index is 14.2. The van der Waals surface area contributed by atoms with Gasteiger partial charge in [-0.15, -0.1) is 33.5 Å². The number of methoxy groups -OCH3 is 1. The molecule has 1 unspecified atom stereocenters. The van der Waals surface area contributed by atoms with E-state index < -0.39 is 18.2 Å². The molecule has 0 amide bonds. The zero-order chi connectivity index (χ0) is 35.1. The number of aromatic nitrogens is 3. The second-order valence-corrected chi connectivity index (χ2v) is 13.0. The first-order chi connectivity index (χ1) is 23.5. The first-order valence-electron chi connectivity index (χ1n) is 17.1. The fourth-order valence-corrected chi connectivity index (χ4v) is 7.46. The summed E-state index contributed by atoms with van der Waals surface area (Å²) in [7, 11) is 1.29. The molecule has 9 nitrogen and oxygen atoms in total. The minimum atomic E-state index is -1.19. The van der Waals surface area contributed by atoms with E-state index in [0.717, 1.165) is 62.9 Å². The third-order valence-corrected chi connectivity index (χ3v) is 10.3. The van der Waals surface area contributed by atoms with Gasteiger partial charge in [0, 0.05) is 5.56 Å². The van der Waals surface area contributed by atoms with Crippen molar-refractivity contribution in [3.8, 4) is 0 Å². The molecule has 5 heterocycles. The van der Waals surface area contributed by atoms with Gasteiger partial charge >= 0.3 is 29.0 Å². The van der Waals surface area contributed by atoms with Crippen molar-refractivity contribution in [2.45, 2.75) is 73.5 Å². The summed E-state index contributed by atoms with van der Waals surface area (Å²) in [6.45, 7) is 16.6. The number of aliphatic hydroxyl groups is 1. The van der Waals surface area contributed by atoms with Crippen LogP contribution in [-0.2, 0) is 20.7 Å². The molecule has 0 radical (unpaired) electrons. The minimum absolute atomic E-state index is 0. The van der Waals surface area contributed by atoms with Gasteiger partial charge in [0.15, 0.2) is 12.1 Å². The fraction of sp³-hybridized carbons (Fsp3) is 0.400. The van der Waals surface area contributed by atoms with Crippen LogP contribution in [0.15, 0.2) is 30.1 Å². The topological polar surface area (TPSA) is 129 Å². The number of carbonyl (C=O) groups is 2. The molecule has 3 aliphatic rings. The van der Waals surface area contributed by atoms with Crippen LogP contribution in [0.1, 0.15) is 101 Å². The van der Waals surface area contributed by atoms with Gasteiger partial charge in [0.25, 0.3) is 0 Å². The minimum Gasteiger partial charge on any atom is -0.664 e. The summed E-state index contributed by atoms with van der Waals surface area (Å²) in [6.07, 6.45) is 13.1. The van der Waals surface area contributed by atoms with Gasteiger partial charge in [0.1, 0.15) is 5.92 Å². The molecule has 3 aromatic rings. The van der Waals surface area contributed by atoms with Crippen LogP contribution in [0.4, 0.5) is 0 Å². The number of ether oxygens (including phenoxy) is 2. The molecule has 1 aliphatic carbocycles. The predicted octanol–water partition coefficient (Wildman–Crippen LogP) is 4.74. The third kappa shape index (κ3) is 6.43. The van der Waals surface area contributed by atoms with E-state index in [2.05, 4.69) is 27.4 Å². The molecule has 3 aromatic heterocycles. The number of hydrogen-bond acceptors (Lipinski definition) is 5. The molecule has 0 aromatic carbocycles. The van der Waals surface area contributed by atoms with Gasteiger partial charge in [-0.05, 0) is 63.9 Å². The van der Waals surface area contributed by atoms with E-state index in [0.29, 0.717) is 53.2 Å². The van der Waals surface area contributed by atoms with Gasteiger partial charge in [0.2, 0.25) is 0 Å². The van der Waals surface area contributed by atoms with Crippen molar-refractivity contribution < 1.29 is 24.2 Å². The molecule has 1 fully saturated rings. The van der Waals surface area contributed by atoms with E-state index >= 15 is 0 Å². The smallest absolute Gasteiger partial charge is 0.664 e. The van der Waals surface area contributed by atoms with Crippen molar-refractivity contribution >= 4 is 64.7 Å². The first-order valence-corrected chi connectivity index (χ1v) is 17.1. The second-order valence-electron chi connectivity index (χ2n) is 13.0. The summed E-state index contributed by atoms with van der Waals surface area (Å²) >= 11 is 0. The quantitative estimate of drug-likeness (QED) is 0.107. The molecular formula is C40H44MgN4O5-2. The van der Waals surface area contributed by atoms with E-state index in [4.69, 9.17) is 29.7 Å². The van der Waals surface area contributed by atoms with Crippen LogP contribution in [0.5, 0.6) is 0 Å². The number of esters is 1. The number of carbonyl (C=O) groups excluding carboxylic acids is 2. The number of Topliss-reactive ketones (excluding diaryl/α,β-unsaturated/α-hetero) is 1. The van der Waals surface area contributed by atoms with Crippen molar-refractivity contribution in [2.75, 3.05) is 13.7 Å². The van der Waals surface area contributed by atoms with Crippen LogP contribution in [0, 0.1) is 38.5 Å². The zero-order valence-electron chi connectivity index (χ0n) is 30.1. The van der Waals surface area contributed by atoms with Crippen LogP contribution in [-0.4, -0.2) is 59.9 Å². The Labute approximate surface area is 309 Å². The SMILES string of the molecule is C=Cc1c2[n-]c(c1C)/C=C1\[N-]/C(=C3\c4[n-]c(c(C)c4C(=O)[C@@H]3C(=O)OC)/C=c3\[n-]/c(c(C)c3CC)=C\2)[C@@H](CCC(O)OC/C=C\CC)[C@@H]1C.[Mg+2]. The fourth-order valence-electron chi connectivity index (χ4n) is 7.46. The normalized spacial score (nSPS) is 23.7.